The summed E-state index contributed by atoms with van der Waals surface area (Å²) in [6.45, 7) is 1.48. The first-order valence-electron chi connectivity index (χ1n) is 8.15. The van der Waals surface area contributed by atoms with Gasteiger partial charge in [-0.1, -0.05) is 11.6 Å². The number of nitrogens with one attached hydrogen (secondary N) is 1. The number of halogens is 1. The van der Waals surface area contributed by atoms with Crippen LogP contribution in [0.25, 0.3) is 0 Å². The molecule has 2 aromatic carbocycles. The van der Waals surface area contributed by atoms with Gasteiger partial charge in [-0.2, -0.15) is 0 Å². The van der Waals surface area contributed by atoms with Crippen LogP contribution in [-0.4, -0.2) is 28.8 Å². The molecule has 27 heavy (non-hydrogen) atoms. The number of amides is 1. The normalized spacial score (nSPS) is 13.4. The summed E-state index contributed by atoms with van der Waals surface area (Å²) >= 11 is 5.96. The van der Waals surface area contributed by atoms with Crippen LogP contribution in [0.1, 0.15) is 23.2 Å². The van der Waals surface area contributed by atoms with Crippen molar-refractivity contribution in [2.24, 2.45) is 0 Å². The van der Waals surface area contributed by atoms with Crippen molar-refractivity contribution in [2.75, 3.05) is 23.3 Å². The van der Waals surface area contributed by atoms with Crippen LogP contribution in [0.4, 0.5) is 22.7 Å². The second-order valence-electron chi connectivity index (χ2n) is 6.03. The van der Waals surface area contributed by atoms with Gasteiger partial charge in [-0.15, -0.1) is 0 Å². The van der Waals surface area contributed by atoms with E-state index in [1.54, 1.807) is 6.07 Å². The van der Waals surface area contributed by atoms with Crippen molar-refractivity contribution in [3.8, 4) is 0 Å². The SMILES string of the molecule is O=C(Nc1ccc([N+](=O)[O-])cc1Cl)c1ccc(N2CCCC2)c([N+](=O)[O-])c1. The number of rotatable bonds is 5. The number of nitrogens with zero attached hydrogens (tertiary/aromatic N) is 3. The van der Waals surface area contributed by atoms with Gasteiger partial charge < -0.3 is 10.2 Å². The zero-order valence-corrected chi connectivity index (χ0v) is 14.8. The van der Waals surface area contributed by atoms with Crippen molar-refractivity contribution < 1.29 is 14.6 Å². The van der Waals surface area contributed by atoms with E-state index in [2.05, 4.69) is 5.32 Å². The molecule has 0 atom stereocenters. The van der Waals surface area contributed by atoms with E-state index in [0.717, 1.165) is 32.0 Å². The lowest BCUT2D eigenvalue weighted by molar-refractivity contribution is -0.384. The largest absolute Gasteiger partial charge is 0.366 e. The van der Waals surface area contributed by atoms with E-state index in [4.69, 9.17) is 11.6 Å². The van der Waals surface area contributed by atoms with Crippen LogP contribution < -0.4 is 10.2 Å². The highest BCUT2D eigenvalue weighted by Crippen LogP contribution is 2.32. The molecular weight excluding hydrogens is 376 g/mol. The zero-order chi connectivity index (χ0) is 19.6. The number of hydrogen-bond acceptors (Lipinski definition) is 6. The van der Waals surface area contributed by atoms with Gasteiger partial charge in [-0.25, -0.2) is 0 Å². The number of benzene rings is 2. The van der Waals surface area contributed by atoms with Gasteiger partial charge in [0.05, 0.1) is 20.6 Å². The molecule has 0 unspecified atom stereocenters. The van der Waals surface area contributed by atoms with Gasteiger partial charge in [-0.05, 0) is 31.0 Å². The smallest absolute Gasteiger partial charge is 0.293 e. The highest BCUT2D eigenvalue weighted by molar-refractivity contribution is 6.34. The van der Waals surface area contributed by atoms with Gasteiger partial charge in [0.1, 0.15) is 5.69 Å². The van der Waals surface area contributed by atoms with Crippen molar-refractivity contribution in [1.82, 2.24) is 0 Å². The molecule has 1 fully saturated rings. The molecule has 0 saturated carbocycles. The van der Waals surface area contributed by atoms with Gasteiger partial charge >= 0.3 is 0 Å². The van der Waals surface area contributed by atoms with Crippen LogP contribution in [0.5, 0.6) is 0 Å². The Hall–Kier alpha value is -3.20. The van der Waals surface area contributed by atoms with E-state index < -0.39 is 15.8 Å². The maximum absolute atomic E-state index is 12.5. The van der Waals surface area contributed by atoms with Crippen molar-refractivity contribution in [3.63, 3.8) is 0 Å². The Morgan fingerprint density at radius 1 is 1.04 bits per heavy atom. The summed E-state index contributed by atoms with van der Waals surface area (Å²) in [5.41, 5.74) is 0.419. The Morgan fingerprint density at radius 2 is 1.74 bits per heavy atom. The summed E-state index contributed by atoms with van der Waals surface area (Å²) in [5, 5.41) is 24.7. The molecule has 1 N–H and O–H groups in total. The molecular formula is C17H15ClN4O5. The molecule has 0 aliphatic carbocycles. The maximum atomic E-state index is 12.5. The Balaban J connectivity index is 1.85. The molecule has 1 heterocycles. The van der Waals surface area contributed by atoms with Crippen LogP contribution in [0.3, 0.4) is 0 Å². The molecule has 0 spiro atoms. The third kappa shape index (κ3) is 3.98. The fourth-order valence-corrected chi connectivity index (χ4v) is 3.17. The Morgan fingerprint density at radius 3 is 2.33 bits per heavy atom. The van der Waals surface area contributed by atoms with E-state index in [1.165, 1.54) is 24.3 Å². The number of carbonyl (C=O) groups is 1. The van der Waals surface area contributed by atoms with Crippen molar-refractivity contribution in [2.45, 2.75) is 12.8 Å². The van der Waals surface area contributed by atoms with Crippen molar-refractivity contribution in [1.29, 1.82) is 0 Å². The first-order valence-corrected chi connectivity index (χ1v) is 8.53. The molecule has 1 aliphatic heterocycles. The summed E-state index contributed by atoms with van der Waals surface area (Å²) in [5.74, 6) is -0.596. The predicted molar refractivity (Wildman–Crippen MR) is 101 cm³/mol. The van der Waals surface area contributed by atoms with Crippen molar-refractivity contribution in [3.05, 3.63) is 67.2 Å². The van der Waals surface area contributed by atoms with E-state index in [0.29, 0.717) is 5.69 Å². The average molecular weight is 391 g/mol. The fraction of sp³-hybridized carbons (Fsp3) is 0.235. The van der Waals surface area contributed by atoms with Crippen LogP contribution in [-0.2, 0) is 0 Å². The summed E-state index contributed by atoms with van der Waals surface area (Å²) in [4.78, 5) is 35.4. The summed E-state index contributed by atoms with van der Waals surface area (Å²) in [6.07, 6.45) is 1.94. The lowest BCUT2D eigenvalue weighted by atomic mass is 10.1. The predicted octanol–water partition coefficient (Wildman–Crippen LogP) is 4.01. The van der Waals surface area contributed by atoms with Crippen molar-refractivity contribution >= 4 is 40.3 Å². The number of non-ortho nitro benzene ring substituents is 1. The average Bonchev–Trinajstić information content (AvgIpc) is 3.17. The Bertz CT molecular complexity index is 928. The first-order chi connectivity index (χ1) is 12.9. The van der Waals surface area contributed by atoms with E-state index in [9.17, 15) is 25.0 Å². The minimum absolute atomic E-state index is 0.000682. The monoisotopic (exact) mass is 390 g/mol. The number of hydrogen-bond donors (Lipinski definition) is 1. The zero-order valence-electron chi connectivity index (χ0n) is 14.1. The highest BCUT2D eigenvalue weighted by Gasteiger charge is 2.24. The summed E-state index contributed by atoms with van der Waals surface area (Å²) in [7, 11) is 0. The van der Waals surface area contributed by atoms with E-state index in [1.807, 2.05) is 4.90 Å². The number of nitro groups is 2. The third-order valence-corrected chi connectivity index (χ3v) is 4.61. The maximum Gasteiger partial charge on any atom is 0.293 e. The highest BCUT2D eigenvalue weighted by atomic mass is 35.5. The molecule has 9 nitrogen and oxygen atoms in total. The molecule has 1 saturated heterocycles. The fourth-order valence-electron chi connectivity index (χ4n) is 2.95. The van der Waals surface area contributed by atoms with Crippen LogP contribution >= 0.6 is 11.6 Å². The Kier molecular flexibility index (Phi) is 5.22. The van der Waals surface area contributed by atoms with Gasteiger partial charge in [0.2, 0.25) is 0 Å². The number of anilines is 2. The molecule has 0 bridgehead atoms. The lowest BCUT2D eigenvalue weighted by Crippen LogP contribution is -2.20. The molecule has 2 aromatic rings. The summed E-state index contributed by atoms with van der Waals surface area (Å²) < 4.78 is 0. The van der Waals surface area contributed by atoms with Crippen LogP contribution in [0.2, 0.25) is 5.02 Å². The van der Waals surface area contributed by atoms with Gasteiger partial charge in [0.15, 0.2) is 0 Å². The Labute approximate surface area is 158 Å². The molecule has 140 valence electrons. The van der Waals surface area contributed by atoms with Crippen LogP contribution in [0, 0.1) is 20.2 Å². The minimum Gasteiger partial charge on any atom is -0.366 e. The second kappa shape index (κ2) is 7.58. The molecule has 1 aliphatic rings. The molecule has 10 heteroatoms. The van der Waals surface area contributed by atoms with E-state index in [-0.39, 0.29) is 27.6 Å². The van der Waals surface area contributed by atoms with Gasteiger partial charge in [-0.3, -0.25) is 25.0 Å². The van der Waals surface area contributed by atoms with Gasteiger partial charge in [0, 0.05) is 36.9 Å². The number of nitro benzene ring substituents is 2. The number of carbonyl (C=O) groups excluding carboxylic acids is 1. The minimum atomic E-state index is -0.599. The second-order valence-corrected chi connectivity index (χ2v) is 6.44. The molecule has 0 aromatic heterocycles. The standard InChI is InChI=1S/C17H15ClN4O5/c18-13-10-12(21(24)25)4-5-14(13)19-17(23)11-3-6-15(16(9-11)22(26)27)20-7-1-2-8-20/h3-6,9-10H,1-2,7-8H2,(H,19,23). The topological polar surface area (TPSA) is 119 Å². The van der Waals surface area contributed by atoms with E-state index >= 15 is 0 Å². The van der Waals surface area contributed by atoms with Gasteiger partial charge in [0.25, 0.3) is 17.3 Å². The molecule has 0 radical (unpaired) electrons. The molecule has 3 rings (SSSR count). The lowest BCUT2D eigenvalue weighted by Gasteiger charge is -2.17. The molecule has 1 amide bonds. The first kappa shape index (κ1) is 18.6. The third-order valence-electron chi connectivity index (χ3n) is 4.29. The quantitative estimate of drug-likeness (QED) is 0.608. The summed E-state index contributed by atoms with van der Waals surface area (Å²) in [6, 6.07) is 7.94. The van der Waals surface area contributed by atoms with Crippen LogP contribution in [0.15, 0.2) is 36.4 Å².